The highest BCUT2D eigenvalue weighted by Gasteiger charge is 2.26. The second-order valence-corrected chi connectivity index (χ2v) is 7.78. The molecule has 0 saturated carbocycles. The lowest BCUT2D eigenvalue weighted by atomic mass is 10.0. The first kappa shape index (κ1) is 20.5. The maximum atomic E-state index is 12.5. The van der Waals surface area contributed by atoms with E-state index in [4.69, 9.17) is 5.11 Å². The summed E-state index contributed by atoms with van der Waals surface area (Å²) in [4.78, 5) is 22.9. The van der Waals surface area contributed by atoms with Crippen molar-refractivity contribution in [2.75, 3.05) is 0 Å². The first-order chi connectivity index (χ1) is 12.6. The Hall–Kier alpha value is -2.81. The van der Waals surface area contributed by atoms with Crippen LogP contribution in [0.25, 0.3) is 0 Å². The average Bonchev–Trinajstić information content (AvgIpc) is 2.61. The SMILES string of the molecule is Cc1ccc(C(CC(=O)O)NC(=O)c2ccc(S(=O)(=O)C(F)F)cc2)cc1. The minimum atomic E-state index is -4.75. The summed E-state index contributed by atoms with van der Waals surface area (Å²) in [6.45, 7) is 1.86. The van der Waals surface area contributed by atoms with E-state index in [1.807, 2.05) is 6.92 Å². The largest absolute Gasteiger partial charge is 0.481 e. The van der Waals surface area contributed by atoms with Crippen LogP contribution in [0.4, 0.5) is 8.78 Å². The van der Waals surface area contributed by atoms with Crippen LogP contribution >= 0.6 is 0 Å². The number of halogens is 2. The topological polar surface area (TPSA) is 101 Å². The van der Waals surface area contributed by atoms with Crippen LogP contribution in [0.5, 0.6) is 0 Å². The zero-order valence-corrected chi connectivity index (χ0v) is 15.0. The molecule has 0 spiro atoms. The van der Waals surface area contributed by atoms with Gasteiger partial charge in [0.15, 0.2) is 0 Å². The number of alkyl halides is 2. The number of carbonyl (C=O) groups is 2. The van der Waals surface area contributed by atoms with Gasteiger partial charge in [-0.05, 0) is 36.8 Å². The molecule has 0 radical (unpaired) electrons. The van der Waals surface area contributed by atoms with Gasteiger partial charge in [0.1, 0.15) is 0 Å². The van der Waals surface area contributed by atoms with E-state index in [-0.39, 0.29) is 12.0 Å². The molecule has 0 bridgehead atoms. The van der Waals surface area contributed by atoms with Crippen LogP contribution in [0.15, 0.2) is 53.4 Å². The highest BCUT2D eigenvalue weighted by molar-refractivity contribution is 7.91. The van der Waals surface area contributed by atoms with Crippen LogP contribution < -0.4 is 5.32 Å². The minimum Gasteiger partial charge on any atom is -0.481 e. The number of benzene rings is 2. The number of carboxylic acids is 1. The van der Waals surface area contributed by atoms with Gasteiger partial charge in [-0.2, -0.15) is 8.78 Å². The molecule has 2 aromatic carbocycles. The maximum absolute atomic E-state index is 12.5. The molecule has 0 aliphatic carbocycles. The van der Waals surface area contributed by atoms with Crippen LogP contribution in [-0.2, 0) is 14.6 Å². The number of rotatable bonds is 7. The predicted molar refractivity (Wildman–Crippen MR) is 93.3 cm³/mol. The van der Waals surface area contributed by atoms with Gasteiger partial charge < -0.3 is 10.4 Å². The summed E-state index contributed by atoms with van der Waals surface area (Å²) in [6, 6.07) is 10.2. The van der Waals surface area contributed by atoms with E-state index in [0.717, 1.165) is 29.8 Å². The van der Waals surface area contributed by atoms with Gasteiger partial charge in [0.05, 0.1) is 17.4 Å². The summed E-state index contributed by atoms with van der Waals surface area (Å²) < 4.78 is 47.9. The fraction of sp³-hybridized carbons (Fsp3) is 0.222. The lowest BCUT2D eigenvalue weighted by Gasteiger charge is -2.18. The molecule has 144 valence electrons. The number of nitrogens with one attached hydrogen (secondary N) is 1. The molecule has 27 heavy (non-hydrogen) atoms. The summed E-state index contributed by atoms with van der Waals surface area (Å²) in [5, 5.41) is 11.6. The monoisotopic (exact) mass is 397 g/mol. The molecule has 1 amide bonds. The highest BCUT2D eigenvalue weighted by Crippen LogP contribution is 2.21. The average molecular weight is 397 g/mol. The van der Waals surface area contributed by atoms with E-state index in [9.17, 15) is 26.8 Å². The number of hydrogen-bond acceptors (Lipinski definition) is 4. The fourth-order valence-electron chi connectivity index (χ4n) is 2.37. The van der Waals surface area contributed by atoms with Gasteiger partial charge in [0, 0.05) is 5.56 Å². The molecule has 6 nitrogen and oxygen atoms in total. The Morgan fingerprint density at radius 1 is 1.04 bits per heavy atom. The van der Waals surface area contributed by atoms with Gasteiger partial charge in [-0.25, -0.2) is 8.42 Å². The number of aliphatic carboxylic acids is 1. The summed E-state index contributed by atoms with van der Waals surface area (Å²) in [7, 11) is -4.75. The van der Waals surface area contributed by atoms with Crippen molar-refractivity contribution < 1.29 is 31.9 Å². The molecule has 0 aromatic heterocycles. The third-order valence-corrected chi connectivity index (χ3v) is 5.24. The number of sulfone groups is 1. The number of aryl methyl sites for hydroxylation is 1. The van der Waals surface area contributed by atoms with E-state index in [1.54, 1.807) is 24.3 Å². The summed E-state index contributed by atoms with van der Waals surface area (Å²) >= 11 is 0. The lowest BCUT2D eigenvalue weighted by molar-refractivity contribution is -0.137. The maximum Gasteiger partial charge on any atom is 0.341 e. The molecule has 0 saturated heterocycles. The fourth-order valence-corrected chi connectivity index (χ4v) is 3.09. The van der Waals surface area contributed by atoms with E-state index >= 15 is 0 Å². The Labute approximate surface area is 154 Å². The molecule has 9 heteroatoms. The van der Waals surface area contributed by atoms with Crippen LogP contribution in [0.3, 0.4) is 0 Å². The van der Waals surface area contributed by atoms with Crippen molar-refractivity contribution in [1.82, 2.24) is 5.32 Å². The number of hydrogen-bond donors (Lipinski definition) is 2. The predicted octanol–water partition coefficient (Wildman–Crippen LogP) is 2.94. The zero-order chi connectivity index (χ0) is 20.2. The number of carbonyl (C=O) groups excluding carboxylic acids is 1. The molecule has 0 heterocycles. The van der Waals surface area contributed by atoms with Crippen LogP contribution in [0.1, 0.15) is 33.9 Å². The van der Waals surface area contributed by atoms with Crippen LogP contribution in [0.2, 0.25) is 0 Å². The van der Waals surface area contributed by atoms with E-state index in [0.29, 0.717) is 5.56 Å². The van der Waals surface area contributed by atoms with Crippen LogP contribution in [0, 0.1) is 6.92 Å². The van der Waals surface area contributed by atoms with Crippen molar-refractivity contribution in [3.8, 4) is 0 Å². The molecule has 0 aliphatic heterocycles. The quantitative estimate of drug-likeness (QED) is 0.748. The Morgan fingerprint density at radius 2 is 1.59 bits per heavy atom. The summed E-state index contributed by atoms with van der Waals surface area (Å²) in [5.41, 5.74) is 1.58. The third-order valence-electron chi connectivity index (χ3n) is 3.84. The van der Waals surface area contributed by atoms with E-state index in [2.05, 4.69) is 5.32 Å². The third kappa shape index (κ3) is 5.10. The van der Waals surface area contributed by atoms with Gasteiger partial charge in [0.25, 0.3) is 5.91 Å². The number of amides is 1. The standard InChI is InChI=1S/C18H17F2NO5S/c1-11-2-4-12(5-3-11)15(10-16(22)23)21-17(24)13-6-8-14(9-7-13)27(25,26)18(19)20/h2-9,15,18H,10H2,1H3,(H,21,24)(H,22,23). The van der Waals surface area contributed by atoms with Gasteiger partial charge >= 0.3 is 11.7 Å². The Bertz CT molecular complexity index is 925. The first-order valence-corrected chi connectivity index (χ1v) is 9.37. The molecule has 0 aliphatic rings. The van der Waals surface area contributed by atoms with Crippen molar-refractivity contribution in [3.05, 3.63) is 65.2 Å². The zero-order valence-electron chi connectivity index (χ0n) is 14.2. The Morgan fingerprint density at radius 3 is 2.07 bits per heavy atom. The molecule has 1 atom stereocenters. The molecular weight excluding hydrogens is 380 g/mol. The van der Waals surface area contributed by atoms with Gasteiger partial charge in [-0.1, -0.05) is 29.8 Å². The second-order valence-electron chi connectivity index (χ2n) is 5.86. The molecular formula is C18H17F2NO5S. The molecule has 2 rings (SSSR count). The molecule has 0 fully saturated rings. The van der Waals surface area contributed by atoms with Crippen molar-refractivity contribution in [2.24, 2.45) is 0 Å². The van der Waals surface area contributed by atoms with Gasteiger partial charge in [0.2, 0.25) is 9.84 Å². The first-order valence-electron chi connectivity index (χ1n) is 7.82. The molecule has 2 N–H and O–H groups in total. The second kappa shape index (κ2) is 8.26. The number of carboxylic acid groups (broad SMARTS) is 1. The summed E-state index contributed by atoms with van der Waals surface area (Å²) in [5.74, 6) is -5.32. The highest BCUT2D eigenvalue weighted by atomic mass is 32.2. The van der Waals surface area contributed by atoms with E-state index < -0.39 is 38.4 Å². The molecule has 2 aromatic rings. The van der Waals surface area contributed by atoms with Crippen molar-refractivity contribution >= 4 is 21.7 Å². The smallest absolute Gasteiger partial charge is 0.341 e. The van der Waals surface area contributed by atoms with Gasteiger partial charge in [-0.3, -0.25) is 9.59 Å². The molecule has 1 unspecified atom stereocenters. The van der Waals surface area contributed by atoms with Crippen molar-refractivity contribution in [2.45, 2.75) is 30.0 Å². The Balaban J connectivity index is 2.22. The Kier molecular flexibility index (Phi) is 6.27. The van der Waals surface area contributed by atoms with Crippen molar-refractivity contribution in [1.29, 1.82) is 0 Å². The van der Waals surface area contributed by atoms with Crippen molar-refractivity contribution in [3.63, 3.8) is 0 Å². The normalized spacial score (nSPS) is 12.6. The van der Waals surface area contributed by atoms with E-state index in [1.165, 1.54) is 0 Å². The van der Waals surface area contributed by atoms with Crippen LogP contribution in [-0.4, -0.2) is 31.2 Å². The minimum absolute atomic E-state index is 0.0192. The lowest BCUT2D eigenvalue weighted by Crippen LogP contribution is -2.30. The van der Waals surface area contributed by atoms with Gasteiger partial charge in [-0.15, -0.1) is 0 Å². The summed E-state index contributed by atoms with van der Waals surface area (Å²) in [6.07, 6.45) is -0.355.